The summed E-state index contributed by atoms with van der Waals surface area (Å²) in [4.78, 5) is 37.1. The molecule has 2 heterocycles. The number of nitro groups is 1. The van der Waals surface area contributed by atoms with Gasteiger partial charge in [-0.05, 0) is 48.0 Å². The maximum Gasteiger partial charge on any atom is 0.303 e. The fourth-order valence-corrected chi connectivity index (χ4v) is 5.34. The highest BCUT2D eigenvalue weighted by molar-refractivity contribution is 8.02. The van der Waals surface area contributed by atoms with Gasteiger partial charge in [-0.15, -0.1) is 11.8 Å². The molecule has 0 saturated carbocycles. The zero-order valence-electron chi connectivity index (χ0n) is 14.5. The van der Waals surface area contributed by atoms with E-state index in [1.165, 1.54) is 28.8 Å². The Balaban J connectivity index is 1.52. The standard InChI is InChI=1S/C18H15N3O5S2/c22-15(23)2-1-7-19-16(24)17-20(18(19)27)13-8-11(9-14(13)28-17)10-3-5-12(6-4-10)21(25)26/h3-6,8-9,14,17H,1-2,7H2,(H,22,23). The summed E-state index contributed by atoms with van der Waals surface area (Å²) in [7, 11) is 0. The van der Waals surface area contributed by atoms with Crippen molar-refractivity contribution in [1.82, 2.24) is 9.80 Å². The zero-order chi connectivity index (χ0) is 20.0. The summed E-state index contributed by atoms with van der Waals surface area (Å²) in [5.41, 5.74) is 2.75. The molecule has 1 amide bonds. The number of nitrogens with zero attached hydrogens (tertiary/aromatic N) is 3. The second-order valence-corrected chi connectivity index (χ2v) is 8.14. The van der Waals surface area contributed by atoms with E-state index in [2.05, 4.69) is 0 Å². The van der Waals surface area contributed by atoms with Crippen LogP contribution >= 0.6 is 24.0 Å². The number of amides is 1. The van der Waals surface area contributed by atoms with E-state index in [9.17, 15) is 19.7 Å². The molecule has 8 nitrogen and oxygen atoms in total. The number of carboxylic acids is 1. The van der Waals surface area contributed by atoms with E-state index in [1.54, 1.807) is 12.1 Å². The van der Waals surface area contributed by atoms with Crippen molar-refractivity contribution >= 4 is 52.2 Å². The second kappa shape index (κ2) is 7.02. The summed E-state index contributed by atoms with van der Waals surface area (Å²) >= 11 is 6.98. The largest absolute Gasteiger partial charge is 0.481 e. The Bertz CT molecular complexity index is 956. The molecule has 1 N–H and O–H groups in total. The Morgan fingerprint density at radius 2 is 2.04 bits per heavy atom. The van der Waals surface area contributed by atoms with Gasteiger partial charge in [0, 0.05) is 30.8 Å². The molecule has 1 aromatic carbocycles. The Labute approximate surface area is 169 Å². The predicted molar refractivity (Wildman–Crippen MR) is 107 cm³/mol. The normalized spacial score (nSPS) is 22.9. The highest BCUT2D eigenvalue weighted by Crippen LogP contribution is 2.48. The van der Waals surface area contributed by atoms with Crippen molar-refractivity contribution in [1.29, 1.82) is 0 Å². The highest BCUT2D eigenvalue weighted by Gasteiger charge is 2.52. The molecule has 3 aliphatic rings. The summed E-state index contributed by atoms with van der Waals surface area (Å²) in [6, 6.07) is 6.34. The maximum absolute atomic E-state index is 12.7. The minimum atomic E-state index is -0.900. The molecule has 2 saturated heterocycles. The minimum Gasteiger partial charge on any atom is -0.481 e. The maximum atomic E-state index is 12.7. The number of carbonyl (C=O) groups excluding carboxylic acids is 1. The third-order valence-corrected chi connectivity index (χ3v) is 6.57. The Kier molecular flexibility index (Phi) is 4.68. The molecule has 10 heteroatoms. The number of rotatable bonds is 6. The van der Waals surface area contributed by atoms with Crippen molar-refractivity contribution in [2.75, 3.05) is 6.54 Å². The van der Waals surface area contributed by atoms with Crippen LogP contribution in [0.1, 0.15) is 18.4 Å². The molecule has 0 spiro atoms. The number of thioether (sulfide) groups is 1. The van der Waals surface area contributed by atoms with Crippen LogP contribution in [0.15, 0.2) is 42.1 Å². The van der Waals surface area contributed by atoms with Crippen LogP contribution in [0.4, 0.5) is 5.69 Å². The van der Waals surface area contributed by atoms with Gasteiger partial charge in [0.1, 0.15) is 0 Å². The van der Waals surface area contributed by atoms with Crippen molar-refractivity contribution in [2.24, 2.45) is 0 Å². The Morgan fingerprint density at radius 3 is 2.68 bits per heavy atom. The Hall–Kier alpha value is -2.72. The summed E-state index contributed by atoms with van der Waals surface area (Å²) in [6.07, 6.45) is 4.33. The van der Waals surface area contributed by atoms with Gasteiger partial charge < -0.3 is 5.11 Å². The molecule has 1 aromatic rings. The first-order chi connectivity index (χ1) is 13.4. The number of carboxylic acid groups (broad SMARTS) is 1. The van der Waals surface area contributed by atoms with Crippen molar-refractivity contribution in [3.63, 3.8) is 0 Å². The molecule has 2 fully saturated rings. The van der Waals surface area contributed by atoms with Crippen molar-refractivity contribution in [3.8, 4) is 0 Å². The molecule has 1 aliphatic carbocycles. The SMILES string of the molecule is O=C(O)CCCN1C(=O)C2SC3C=C(c4ccc([N+](=O)[O-])cc4)C=C3N2C1=S. The third-order valence-electron chi connectivity index (χ3n) is 4.81. The quantitative estimate of drug-likeness (QED) is 0.428. The van der Waals surface area contributed by atoms with Gasteiger partial charge in [0.15, 0.2) is 10.5 Å². The molecule has 0 radical (unpaired) electrons. The number of aliphatic carboxylic acids is 1. The molecule has 4 rings (SSSR count). The summed E-state index contributed by atoms with van der Waals surface area (Å²) in [5, 5.41) is 19.6. The molecular weight excluding hydrogens is 402 g/mol. The number of carbonyl (C=O) groups is 2. The summed E-state index contributed by atoms with van der Waals surface area (Å²) in [6.45, 7) is 0.290. The van der Waals surface area contributed by atoms with Gasteiger partial charge in [-0.25, -0.2) is 0 Å². The van der Waals surface area contributed by atoms with Crippen LogP contribution in [0, 0.1) is 10.1 Å². The fourth-order valence-electron chi connectivity index (χ4n) is 3.48. The number of fused-ring (bicyclic) bond motifs is 3. The number of thiocarbonyl (C=S) groups is 1. The van der Waals surface area contributed by atoms with Crippen molar-refractivity contribution in [2.45, 2.75) is 23.5 Å². The first kappa shape index (κ1) is 18.6. The van der Waals surface area contributed by atoms with E-state index in [0.29, 0.717) is 11.5 Å². The number of allylic oxidation sites excluding steroid dienone is 2. The van der Waals surface area contributed by atoms with Crippen LogP contribution in [-0.2, 0) is 9.59 Å². The van der Waals surface area contributed by atoms with Gasteiger partial charge >= 0.3 is 5.97 Å². The number of hydrogen-bond donors (Lipinski definition) is 1. The van der Waals surface area contributed by atoms with Gasteiger partial charge in [-0.2, -0.15) is 0 Å². The molecular formula is C18H15N3O5S2. The molecule has 2 unspecified atom stereocenters. The first-order valence-corrected chi connectivity index (χ1v) is 9.92. The minimum absolute atomic E-state index is 0.00161. The topological polar surface area (TPSA) is 104 Å². The van der Waals surface area contributed by atoms with Crippen LogP contribution in [0.25, 0.3) is 5.57 Å². The van der Waals surface area contributed by atoms with E-state index >= 15 is 0 Å². The van der Waals surface area contributed by atoms with Crippen LogP contribution in [-0.4, -0.2) is 54.0 Å². The monoisotopic (exact) mass is 417 g/mol. The number of hydrogen-bond acceptors (Lipinski definition) is 6. The average molecular weight is 417 g/mol. The molecule has 0 bridgehead atoms. The summed E-state index contributed by atoms with van der Waals surface area (Å²) in [5.74, 6) is -1.01. The molecule has 2 atom stereocenters. The lowest BCUT2D eigenvalue weighted by Gasteiger charge is -2.20. The van der Waals surface area contributed by atoms with Crippen LogP contribution in [0.5, 0.6) is 0 Å². The molecule has 2 aliphatic heterocycles. The van der Waals surface area contributed by atoms with E-state index in [-0.39, 0.29) is 29.8 Å². The Morgan fingerprint density at radius 1 is 1.32 bits per heavy atom. The highest BCUT2D eigenvalue weighted by atomic mass is 32.2. The van der Waals surface area contributed by atoms with E-state index in [1.807, 2.05) is 17.1 Å². The zero-order valence-corrected chi connectivity index (χ0v) is 16.1. The van der Waals surface area contributed by atoms with Crippen LogP contribution in [0.3, 0.4) is 0 Å². The lowest BCUT2D eigenvalue weighted by atomic mass is 10.1. The van der Waals surface area contributed by atoms with Gasteiger partial charge in [0.05, 0.1) is 10.2 Å². The van der Waals surface area contributed by atoms with E-state index in [4.69, 9.17) is 17.3 Å². The smallest absolute Gasteiger partial charge is 0.303 e. The van der Waals surface area contributed by atoms with E-state index in [0.717, 1.165) is 16.8 Å². The molecule has 0 aromatic heterocycles. The number of benzene rings is 1. The average Bonchev–Trinajstić information content (AvgIpc) is 3.27. The predicted octanol–water partition coefficient (Wildman–Crippen LogP) is 2.61. The van der Waals surface area contributed by atoms with Crippen molar-refractivity contribution in [3.05, 3.63) is 57.8 Å². The third kappa shape index (κ3) is 3.08. The van der Waals surface area contributed by atoms with Crippen LogP contribution < -0.4 is 0 Å². The molecule has 144 valence electrons. The molecule has 28 heavy (non-hydrogen) atoms. The van der Waals surface area contributed by atoms with Gasteiger partial charge in [-0.1, -0.05) is 6.08 Å². The van der Waals surface area contributed by atoms with Crippen molar-refractivity contribution < 1.29 is 19.6 Å². The number of non-ortho nitro benzene ring substituents is 1. The van der Waals surface area contributed by atoms with E-state index < -0.39 is 16.3 Å². The number of nitro benzene ring substituents is 1. The van der Waals surface area contributed by atoms with Gasteiger partial charge in [-0.3, -0.25) is 29.5 Å². The second-order valence-electron chi connectivity index (χ2n) is 6.54. The first-order valence-electron chi connectivity index (χ1n) is 8.57. The van der Waals surface area contributed by atoms with Gasteiger partial charge in [0.2, 0.25) is 0 Å². The lowest BCUT2D eigenvalue weighted by Crippen LogP contribution is -2.34. The fraction of sp³-hybridized carbons (Fsp3) is 0.278. The van der Waals surface area contributed by atoms with Gasteiger partial charge in [0.25, 0.3) is 11.6 Å². The summed E-state index contributed by atoms with van der Waals surface area (Å²) < 4.78 is 0. The van der Waals surface area contributed by atoms with Crippen LogP contribution in [0.2, 0.25) is 0 Å². The lowest BCUT2D eigenvalue weighted by molar-refractivity contribution is -0.384.